The van der Waals surface area contributed by atoms with Crippen molar-refractivity contribution in [2.24, 2.45) is 0 Å². The van der Waals surface area contributed by atoms with Crippen molar-refractivity contribution in [2.75, 3.05) is 23.7 Å². The third kappa shape index (κ3) is 3.69. The number of thioether (sulfide) groups is 1. The van der Waals surface area contributed by atoms with Gasteiger partial charge in [-0.05, 0) is 18.6 Å². The van der Waals surface area contributed by atoms with Gasteiger partial charge in [0.1, 0.15) is 11.0 Å². The van der Waals surface area contributed by atoms with Gasteiger partial charge in [0.2, 0.25) is 0 Å². The van der Waals surface area contributed by atoms with E-state index >= 15 is 0 Å². The van der Waals surface area contributed by atoms with Gasteiger partial charge in [0.25, 0.3) is 0 Å². The van der Waals surface area contributed by atoms with Gasteiger partial charge in [0.05, 0.1) is 5.56 Å². The van der Waals surface area contributed by atoms with Gasteiger partial charge >= 0.3 is 6.18 Å². The zero-order valence-electron chi connectivity index (χ0n) is 10.4. The zero-order valence-corrected chi connectivity index (χ0v) is 11.9. The molecule has 1 aliphatic heterocycles. The summed E-state index contributed by atoms with van der Waals surface area (Å²) in [5, 5.41) is 0.319. The lowest BCUT2D eigenvalue weighted by molar-refractivity contribution is -0.137. The second-order valence-corrected chi connectivity index (χ2v) is 6.18. The maximum absolute atomic E-state index is 12.7. The minimum atomic E-state index is -4.39. The Morgan fingerprint density at radius 2 is 2.21 bits per heavy atom. The lowest BCUT2D eigenvalue weighted by Crippen LogP contribution is -2.38. The summed E-state index contributed by atoms with van der Waals surface area (Å²) in [6.45, 7) is 3.49. The Morgan fingerprint density at radius 3 is 2.84 bits per heavy atom. The molecule has 106 valence electrons. The lowest BCUT2D eigenvalue weighted by atomic mass is 10.2. The Hall–Kier alpha value is -0.620. The number of rotatable bonds is 2. The van der Waals surface area contributed by atoms with Crippen LogP contribution in [-0.4, -0.2) is 29.1 Å². The molecule has 0 bridgehead atoms. The van der Waals surface area contributed by atoms with Crippen LogP contribution in [0.25, 0.3) is 0 Å². The molecule has 1 aromatic rings. The summed E-state index contributed by atoms with van der Waals surface area (Å²) in [7, 11) is 0. The summed E-state index contributed by atoms with van der Waals surface area (Å²) in [5.74, 6) is 1.22. The molecule has 0 N–H and O–H groups in total. The number of anilines is 1. The van der Waals surface area contributed by atoms with Crippen molar-refractivity contribution in [1.29, 1.82) is 0 Å². The highest BCUT2D eigenvalue weighted by Gasteiger charge is 2.32. The molecular formula is C12H14ClF3N2S. The van der Waals surface area contributed by atoms with E-state index in [0.29, 0.717) is 24.2 Å². The number of hydrogen-bond donors (Lipinski definition) is 0. The van der Waals surface area contributed by atoms with E-state index in [1.807, 2.05) is 16.7 Å². The van der Waals surface area contributed by atoms with Crippen LogP contribution in [0.5, 0.6) is 0 Å². The minimum absolute atomic E-state index is 0.115. The highest BCUT2D eigenvalue weighted by Crippen LogP contribution is 2.34. The summed E-state index contributed by atoms with van der Waals surface area (Å²) in [6.07, 6.45) is -3.40. The molecule has 7 heteroatoms. The fraction of sp³-hybridized carbons (Fsp3) is 0.583. The molecule has 0 radical (unpaired) electrons. The summed E-state index contributed by atoms with van der Waals surface area (Å²) in [5.41, 5.74) is -0.742. The van der Waals surface area contributed by atoms with E-state index in [2.05, 4.69) is 11.9 Å². The van der Waals surface area contributed by atoms with Gasteiger partial charge < -0.3 is 4.90 Å². The van der Waals surface area contributed by atoms with Crippen molar-refractivity contribution in [1.82, 2.24) is 4.98 Å². The summed E-state index contributed by atoms with van der Waals surface area (Å²) < 4.78 is 38.2. The van der Waals surface area contributed by atoms with Crippen molar-refractivity contribution in [3.05, 3.63) is 22.8 Å². The van der Waals surface area contributed by atoms with Crippen LogP contribution < -0.4 is 4.90 Å². The zero-order chi connectivity index (χ0) is 14.0. The second-order valence-electron chi connectivity index (χ2n) is 4.38. The smallest absolute Gasteiger partial charge is 0.355 e. The molecule has 2 nitrogen and oxygen atoms in total. The number of nitrogens with zero attached hydrogens (tertiary/aromatic N) is 2. The molecule has 1 aliphatic rings. The maximum atomic E-state index is 12.7. The standard InChI is InChI=1S/C12H14ClF3N2S/c1-2-9-7-18(3-4-19-9)11-6-8(12(14,15)16)5-10(13)17-11/h5-6,9H,2-4,7H2,1H3. The fourth-order valence-electron chi connectivity index (χ4n) is 1.98. The average Bonchev–Trinajstić information content (AvgIpc) is 2.37. The third-order valence-corrected chi connectivity index (χ3v) is 4.59. The predicted octanol–water partition coefficient (Wildman–Crippen LogP) is 4.09. The molecule has 0 aliphatic carbocycles. The predicted molar refractivity (Wildman–Crippen MR) is 73.0 cm³/mol. The molecule has 2 heterocycles. The van der Waals surface area contributed by atoms with Gasteiger partial charge in [-0.15, -0.1) is 0 Å². The average molecular weight is 311 g/mol. The molecular weight excluding hydrogens is 297 g/mol. The highest BCUT2D eigenvalue weighted by atomic mass is 35.5. The van der Waals surface area contributed by atoms with Gasteiger partial charge in [0, 0.05) is 24.1 Å². The van der Waals surface area contributed by atoms with Crippen LogP contribution in [0.4, 0.5) is 19.0 Å². The summed E-state index contributed by atoms with van der Waals surface area (Å²) in [6, 6.07) is 1.94. The van der Waals surface area contributed by atoms with Crippen molar-refractivity contribution in [2.45, 2.75) is 24.8 Å². The van der Waals surface area contributed by atoms with E-state index in [9.17, 15) is 13.2 Å². The molecule has 0 aromatic carbocycles. The van der Waals surface area contributed by atoms with Crippen molar-refractivity contribution in [3.8, 4) is 0 Å². The second kappa shape index (κ2) is 5.79. The molecule has 1 atom stereocenters. The lowest BCUT2D eigenvalue weighted by Gasteiger charge is -2.33. The van der Waals surface area contributed by atoms with Gasteiger partial charge in [0.15, 0.2) is 0 Å². The molecule has 0 spiro atoms. The normalized spacial score (nSPS) is 20.7. The van der Waals surface area contributed by atoms with Crippen molar-refractivity contribution < 1.29 is 13.2 Å². The SMILES string of the molecule is CCC1CN(c2cc(C(F)(F)F)cc(Cl)n2)CCS1. The molecule has 2 rings (SSSR count). The first kappa shape index (κ1) is 14.8. The topological polar surface area (TPSA) is 16.1 Å². The van der Waals surface area contributed by atoms with Crippen LogP contribution in [0.1, 0.15) is 18.9 Å². The molecule has 1 aromatic heterocycles. The minimum Gasteiger partial charge on any atom is -0.355 e. The first-order valence-corrected chi connectivity index (χ1v) is 7.44. The Labute approximate surface area is 119 Å². The monoisotopic (exact) mass is 310 g/mol. The molecule has 1 fully saturated rings. The van der Waals surface area contributed by atoms with E-state index in [4.69, 9.17) is 11.6 Å². The maximum Gasteiger partial charge on any atom is 0.416 e. The molecule has 1 unspecified atom stereocenters. The Bertz CT molecular complexity index is 453. The number of pyridine rings is 1. The van der Waals surface area contributed by atoms with Crippen molar-refractivity contribution in [3.63, 3.8) is 0 Å². The van der Waals surface area contributed by atoms with Crippen LogP contribution in [0, 0.1) is 0 Å². The van der Waals surface area contributed by atoms with Gasteiger partial charge in [-0.2, -0.15) is 24.9 Å². The van der Waals surface area contributed by atoms with Crippen LogP contribution >= 0.6 is 23.4 Å². The molecule has 0 saturated carbocycles. The Morgan fingerprint density at radius 1 is 1.47 bits per heavy atom. The Balaban J connectivity index is 2.26. The molecule has 1 saturated heterocycles. The highest BCUT2D eigenvalue weighted by molar-refractivity contribution is 8.00. The first-order valence-electron chi connectivity index (χ1n) is 6.01. The number of halogens is 4. The first-order chi connectivity index (χ1) is 8.90. The van der Waals surface area contributed by atoms with E-state index in [1.165, 1.54) is 0 Å². The summed E-state index contributed by atoms with van der Waals surface area (Å²) >= 11 is 7.55. The number of alkyl halides is 3. The summed E-state index contributed by atoms with van der Waals surface area (Å²) in [4.78, 5) is 5.90. The van der Waals surface area contributed by atoms with E-state index in [1.54, 1.807) is 0 Å². The van der Waals surface area contributed by atoms with Gasteiger partial charge in [-0.1, -0.05) is 18.5 Å². The largest absolute Gasteiger partial charge is 0.416 e. The third-order valence-electron chi connectivity index (χ3n) is 3.03. The van der Waals surface area contributed by atoms with Crippen LogP contribution in [0.3, 0.4) is 0 Å². The number of hydrogen-bond acceptors (Lipinski definition) is 3. The van der Waals surface area contributed by atoms with E-state index < -0.39 is 11.7 Å². The van der Waals surface area contributed by atoms with Crippen LogP contribution in [-0.2, 0) is 6.18 Å². The van der Waals surface area contributed by atoms with Gasteiger partial charge in [-0.25, -0.2) is 4.98 Å². The molecule has 19 heavy (non-hydrogen) atoms. The fourth-order valence-corrected chi connectivity index (χ4v) is 3.37. The van der Waals surface area contributed by atoms with E-state index in [-0.39, 0.29) is 5.15 Å². The van der Waals surface area contributed by atoms with Crippen LogP contribution in [0.2, 0.25) is 5.15 Å². The quantitative estimate of drug-likeness (QED) is 0.766. The van der Waals surface area contributed by atoms with E-state index in [0.717, 1.165) is 24.3 Å². The van der Waals surface area contributed by atoms with Crippen molar-refractivity contribution >= 4 is 29.2 Å². The van der Waals surface area contributed by atoms with Crippen LogP contribution in [0.15, 0.2) is 12.1 Å². The van der Waals surface area contributed by atoms with Gasteiger partial charge in [-0.3, -0.25) is 0 Å². The molecule has 0 amide bonds. The Kier molecular flexibility index (Phi) is 4.50. The number of aromatic nitrogens is 1.